The van der Waals surface area contributed by atoms with Crippen molar-refractivity contribution in [3.8, 4) is 11.8 Å². The lowest BCUT2D eigenvalue weighted by atomic mass is 10.2. The summed E-state index contributed by atoms with van der Waals surface area (Å²) in [5, 5.41) is 32.1. The number of rotatable bonds is 4. The van der Waals surface area contributed by atoms with Crippen molar-refractivity contribution in [3.63, 3.8) is 0 Å². The molecule has 0 spiro atoms. The predicted molar refractivity (Wildman–Crippen MR) is 85.8 cm³/mol. The Morgan fingerprint density at radius 3 is 2.67 bits per heavy atom. The van der Waals surface area contributed by atoms with Gasteiger partial charge in [-0.05, 0) is 47.3 Å². The van der Waals surface area contributed by atoms with Crippen molar-refractivity contribution in [1.82, 2.24) is 20.2 Å². The Hall–Kier alpha value is -3.25. The monoisotopic (exact) mass is 338 g/mol. The molecule has 1 heterocycles. The number of hydrogen-bond acceptors (Lipinski definition) is 7. The lowest BCUT2D eigenvalue weighted by Gasteiger charge is -2.05. The molecule has 8 nitrogen and oxygen atoms in total. The minimum Gasteiger partial charge on any atom is -0.258 e. The van der Waals surface area contributed by atoms with Crippen LogP contribution in [0.25, 0.3) is 5.69 Å². The highest BCUT2D eigenvalue weighted by Crippen LogP contribution is 2.31. The number of benzene rings is 2. The van der Waals surface area contributed by atoms with Crippen molar-refractivity contribution in [2.24, 2.45) is 0 Å². The largest absolute Gasteiger partial charge is 0.270 e. The molecular weight excluding hydrogens is 328 g/mol. The van der Waals surface area contributed by atoms with Crippen LogP contribution in [0.4, 0.5) is 5.69 Å². The second-order valence-electron chi connectivity index (χ2n) is 4.86. The van der Waals surface area contributed by atoms with Crippen LogP contribution in [0.1, 0.15) is 11.1 Å². The first-order chi connectivity index (χ1) is 11.6. The average molecular weight is 338 g/mol. The van der Waals surface area contributed by atoms with Gasteiger partial charge in [-0.1, -0.05) is 17.7 Å². The Kier molecular flexibility index (Phi) is 4.22. The molecule has 0 bridgehead atoms. The van der Waals surface area contributed by atoms with Gasteiger partial charge in [0.25, 0.3) is 5.69 Å². The van der Waals surface area contributed by atoms with Crippen LogP contribution in [0.2, 0.25) is 0 Å². The minimum absolute atomic E-state index is 0.131. The second kappa shape index (κ2) is 6.47. The minimum atomic E-state index is -0.536. The highest BCUT2D eigenvalue weighted by molar-refractivity contribution is 7.99. The van der Waals surface area contributed by atoms with Crippen LogP contribution in [-0.4, -0.2) is 25.1 Å². The summed E-state index contributed by atoms with van der Waals surface area (Å²) in [5.74, 6) is 0. The summed E-state index contributed by atoms with van der Waals surface area (Å²) >= 11 is 1.17. The average Bonchev–Trinajstić information content (AvgIpc) is 3.04. The van der Waals surface area contributed by atoms with E-state index in [2.05, 4.69) is 15.5 Å². The number of hydrogen-bond donors (Lipinski definition) is 0. The number of aryl methyl sites for hydroxylation is 1. The lowest BCUT2D eigenvalue weighted by Crippen LogP contribution is -1.99. The van der Waals surface area contributed by atoms with E-state index < -0.39 is 4.92 Å². The predicted octanol–water partition coefficient (Wildman–Crippen LogP) is 2.90. The van der Waals surface area contributed by atoms with Crippen LogP contribution in [0.5, 0.6) is 0 Å². The standard InChI is InChI=1S/C15H10N6O2S/c1-10-2-4-12(5-3-10)20-15(17-18-19-20)24-14-7-6-13(21(22)23)8-11(14)9-16/h2-8H,1H3. The third kappa shape index (κ3) is 3.09. The first-order valence-corrected chi connectivity index (χ1v) is 7.62. The Bertz CT molecular complexity index is 945. The SMILES string of the molecule is Cc1ccc(-n2nnnc2Sc2ccc([N+](=O)[O-])cc2C#N)cc1. The molecule has 3 aromatic rings. The topological polar surface area (TPSA) is 111 Å². The van der Waals surface area contributed by atoms with E-state index in [1.807, 2.05) is 37.3 Å². The Labute approximate surface area is 140 Å². The molecule has 118 valence electrons. The van der Waals surface area contributed by atoms with E-state index in [1.54, 1.807) is 4.68 Å². The molecule has 0 aliphatic carbocycles. The zero-order valence-corrected chi connectivity index (χ0v) is 13.3. The number of non-ortho nitro benzene ring substituents is 1. The van der Waals surface area contributed by atoms with E-state index in [-0.39, 0.29) is 11.3 Å². The first kappa shape index (κ1) is 15.6. The van der Waals surface area contributed by atoms with Gasteiger partial charge in [0.15, 0.2) is 0 Å². The smallest absolute Gasteiger partial charge is 0.258 e. The van der Waals surface area contributed by atoms with Gasteiger partial charge in [-0.2, -0.15) is 9.94 Å². The maximum Gasteiger partial charge on any atom is 0.270 e. The van der Waals surface area contributed by atoms with Gasteiger partial charge >= 0.3 is 0 Å². The number of aromatic nitrogens is 4. The highest BCUT2D eigenvalue weighted by Gasteiger charge is 2.15. The van der Waals surface area contributed by atoms with Gasteiger partial charge in [0.05, 0.1) is 16.2 Å². The maximum absolute atomic E-state index is 10.8. The zero-order valence-electron chi connectivity index (χ0n) is 12.4. The molecule has 0 atom stereocenters. The molecule has 0 aliphatic heterocycles. The van der Waals surface area contributed by atoms with Crippen molar-refractivity contribution >= 4 is 17.4 Å². The molecule has 9 heteroatoms. The molecule has 2 aromatic carbocycles. The van der Waals surface area contributed by atoms with Crippen LogP contribution in [0.3, 0.4) is 0 Å². The molecule has 0 N–H and O–H groups in total. The van der Waals surface area contributed by atoms with Gasteiger partial charge in [0.1, 0.15) is 6.07 Å². The summed E-state index contributed by atoms with van der Waals surface area (Å²) in [6, 6.07) is 13.7. The molecular formula is C15H10N6O2S. The summed E-state index contributed by atoms with van der Waals surface area (Å²) < 4.78 is 1.55. The van der Waals surface area contributed by atoms with Crippen LogP contribution >= 0.6 is 11.8 Å². The highest BCUT2D eigenvalue weighted by atomic mass is 32.2. The number of nitriles is 1. The normalized spacial score (nSPS) is 10.3. The molecule has 0 unspecified atom stereocenters. The second-order valence-corrected chi connectivity index (χ2v) is 5.87. The summed E-state index contributed by atoms with van der Waals surface area (Å²) in [4.78, 5) is 10.8. The number of nitrogens with zero attached hydrogens (tertiary/aromatic N) is 6. The van der Waals surface area contributed by atoms with Crippen molar-refractivity contribution in [2.75, 3.05) is 0 Å². The summed E-state index contributed by atoms with van der Waals surface area (Å²) in [5.41, 5.74) is 1.97. The number of nitro benzene ring substituents is 1. The first-order valence-electron chi connectivity index (χ1n) is 6.80. The van der Waals surface area contributed by atoms with Crippen LogP contribution in [-0.2, 0) is 0 Å². The Morgan fingerprint density at radius 1 is 1.25 bits per heavy atom. The van der Waals surface area contributed by atoms with E-state index in [1.165, 1.54) is 30.0 Å². The molecule has 0 radical (unpaired) electrons. The van der Waals surface area contributed by atoms with E-state index in [9.17, 15) is 15.4 Å². The fourth-order valence-corrected chi connectivity index (χ4v) is 2.85. The number of nitro groups is 1. The molecule has 3 rings (SSSR count). The molecule has 24 heavy (non-hydrogen) atoms. The maximum atomic E-state index is 10.8. The van der Waals surface area contributed by atoms with Crippen molar-refractivity contribution in [1.29, 1.82) is 5.26 Å². The summed E-state index contributed by atoms with van der Waals surface area (Å²) in [6.45, 7) is 1.98. The molecule has 0 saturated heterocycles. The van der Waals surface area contributed by atoms with Gasteiger partial charge < -0.3 is 0 Å². The van der Waals surface area contributed by atoms with Gasteiger partial charge in [-0.15, -0.1) is 5.10 Å². The van der Waals surface area contributed by atoms with Crippen molar-refractivity contribution in [2.45, 2.75) is 17.0 Å². The molecule has 0 amide bonds. The third-order valence-corrected chi connectivity index (χ3v) is 4.23. The molecule has 0 aliphatic rings. The van der Waals surface area contributed by atoms with Crippen molar-refractivity contribution < 1.29 is 4.92 Å². The fourth-order valence-electron chi connectivity index (χ4n) is 2.00. The van der Waals surface area contributed by atoms with Gasteiger partial charge in [0.2, 0.25) is 5.16 Å². The van der Waals surface area contributed by atoms with Crippen molar-refractivity contribution in [3.05, 3.63) is 63.7 Å². The third-order valence-electron chi connectivity index (χ3n) is 3.22. The van der Waals surface area contributed by atoms with Crippen LogP contribution < -0.4 is 0 Å². The van der Waals surface area contributed by atoms with Gasteiger partial charge in [-0.3, -0.25) is 10.1 Å². The van der Waals surface area contributed by atoms with Crippen LogP contribution in [0.15, 0.2) is 52.5 Å². The fraction of sp³-hybridized carbons (Fsp3) is 0.0667. The zero-order chi connectivity index (χ0) is 17.1. The molecule has 0 saturated carbocycles. The van der Waals surface area contributed by atoms with E-state index in [0.717, 1.165) is 11.3 Å². The Balaban J connectivity index is 1.96. The van der Waals surface area contributed by atoms with E-state index in [4.69, 9.17) is 0 Å². The van der Waals surface area contributed by atoms with Gasteiger partial charge in [-0.25, -0.2) is 0 Å². The molecule has 1 aromatic heterocycles. The van der Waals surface area contributed by atoms with Gasteiger partial charge in [0, 0.05) is 17.0 Å². The quantitative estimate of drug-likeness (QED) is 0.531. The van der Waals surface area contributed by atoms with E-state index >= 15 is 0 Å². The molecule has 0 fully saturated rings. The Morgan fingerprint density at radius 2 is 2.00 bits per heavy atom. The number of tetrazole rings is 1. The van der Waals surface area contributed by atoms with Crippen LogP contribution in [0, 0.1) is 28.4 Å². The summed E-state index contributed by atoms with van der Waals surface area (Å²) in [6.07, 6.45) is 0. The van der Waals surface area contributed by atoms with E-state index in [0.29, 0.717) is 10.1 Å². The lowest BCUT2D eigenvalue weighted by molar-refractivity contribution is -0.384. The summed E-state index contributed by atoms with van der Waals surface area (Å²) in [7, 11) is 0.